The number of fused-ring (bicyclic) bond motifs is 1. The topological polar surface area (TPSA) is 34.4 Å². The minimum absolute atomic E-state index is 0.218. The zero-order valence-corrected chi connectivity index (χ0v) is 13.8. The van der Waals surface area contributed by atoms with Gasteiger partial charge in [0.1, 0.15) is 5.76 Å². The highest BCUT2D eigenvalue weighted by molar-refractivity contribution is 5.24. The van der Waals surface area contributed by atoms with E-state index in [-0.39, 0.29) is 5.41 Å². The quantitative estimate of drug-likeness (QED) is 0.887. The Kier molecular flexibility index (Phi) is 4.15. The predicted molar refractivity (Wildman–Crippen MR) is 84.3 cm³/mol. The predicted octanol–water partition coefficient (Wildman–Crippen LogP) is 4.09. The molecule has 0 spiro atoms. The van der Waals surface area contributed by atoms with Gasteiger partial charge in [0.25, 0.3) is 0 Å². The summed E-state index contributed by atoms with van der Waals surface area (Å²) in [5, 5.41) is 3.87. The van der Waals surface area contributed by atoms with E-state index in [0.29, 0.717) is 24.1 Å². The van der Waals surface area contributed by atoms with Crippen LogP contribution in [-0.2, 0) is 11.2 Å². The van der Waals surface area contributed by atoms with Gasteiger partial charge in [-0.05, 0) is 31.2 Å². The molecule has 3 unspecified atom stereocenters. The summed E-state index contributed by atoms with van der Waals surface area (Å²) in [6.45, 7) is 9.96. The van der Waals surface area contributed by atoms with E-state index in [1.54, 1.807) is 0 Å². The summed E-state index contributed by atoms with van der Waals surface area (Å²) in [6, 6.07) is 3.15. The van der Waals surface area contributed by atoms with Gasteiger partial charge in [-0.25, -0.2) is 0 Å². The van der Waals surface area contributed by atoms with Gasteiger partial charge in [-0.3, -0.25) is 0 Å². The first kappa shape index (κ1) is 15.1. The molecule has 3 atom stereocenters. The summed E-state index contributed by atoms with van der Waals surface area (Å²) in [5.41, 5.74) is 1.60. The monoisotopic (exact) mass is 291 g/mol. The standard InChI is InChI=1S/C18H29NO2/c1-12(2)11-21-17-10-16(18(17,3)4)19-14-6-5-7-15-13(14)8-9-20-15/h8-9,12,14,16-17,19H,5-7,10-11H2,1-4H3. The first-order valence-electron chi connectivity index (χ1n) is 8.42. The maximum atomic E-state index is 6.07. The lowest BCUT2D eigenvalue weighted by atomic mass is 9.64. The van der Waals surface area contributed by atoms with Crippen LogP contribution in [0.1, 0.15) is 64.3 Å². The maximum Gasteiger partial charge on any atom is 0.108 e. The van der Waals surface area contributed by atoms with Gasteiger partial charge in [-0.1, -0.05) is 27.7 Å². The molecule has 0 bridgehead atoms. The van der Waals surface area contributed by atoms with Crippen LogP contribution in [0, 0.1) is 11.3 Å². The second-order valence-electron chi connectivity index (χ2n) is 7.74. The van der Waals surface area contributed by atoms with Crippen molar-refractivity contribution in [3.8, 4) is 0 Å². The van der Waals surface area contributed by atoms with Crippen LogP contribution in [-0.4, -0.2) is 18.8 Å². The fraction of sp³-hybridized carbons (Fsp3) is 0.778. The van der Waals surface area contributed by atoms with Crippen molar-refractivity contribution >= 4 is 0 Å². The van der Waals surface area contributed by atoms with Crippen LogP contribution in [0.15, 0.2) is 16.7 Å². The fourth-order valence-corrected chi connectivity index (χ4v) is 3.66. The van der Waals surface area contributed by atoms with Crippen LogP contribution in [0.25, 0.3) is 0 Å². The molecule has 0 amide bonds. The number of furan rings is 1. The summed E-state index contributed by atoms with van der Waals surface area (Å²) in [7, 11) is 0. The number of hydrogen-bond donors (Lipinski definition) is 1. The van der Waals surface area contributed by atoms with Crippen molar-refractivity contribution in [2.75, 3.05) is 6.61 Å². The molecule has 3 heteroatoms. The zero-order valence-electron chi connectivity index (χ0n) is 13.8. The average molecular weight is 291 g/mol. The van der Waals surface area contributed by atoms with Crippen molar-refractivity contribution in [1.82, 2.24) is 5.32 Å². The van der Waals surface area contributed by atoms with Crippen molar-refractivity contribution < 1.29 is 9.15 Å². The van der Waals surface area contributed by atoms with Crippen molar-refractivity contribution in [2.24, 2.45) is 11.3 Å². The Hall–Kier alpha value is -0.800. The van der Waals surface area contributed by atoms with Gasteiger partial charge in [0.05, 0.1) is 12.4 Å². The van der Waals surface area contributed by atoms with E-state index in [0.717, 1.165) is 19.4 Å². The largest absolute Gasteiger partial charge is 0.469 e. The molecule has 1 aromatic rings. The van der Waals surface area contributed by atoms with Gasteiger partial charge in [-0.2, -0.15) is 0 Å². The molecule has 1 heterocycles. The molecule has 0 radical (unpaired) electrons. The third-order valence-corrected chi connectivity index (χ3v) is 5.26. The minimum atomic E-state index is 0.218. The maximum absolute atomic E-state index is 6.07. The molecule has 0 aromatic carbocycles. The smallest absolute Gasteiger partial charge is 0.108 e. The first-order valence-corrected chi connectivity index (χ1v) is 8.42. The van der Waals surface area contributed by atoms with E-state index in [1.807, 2.05) is 6.26 Å². The van der Waals surface area contributed by atoms with Gasteiger partial charge in [0, 0.05) is 36.1 Å². The lowest BCUT2D eigenvalue weighted by Gasteiger charge is -2.53. The Morgan fingerprint density at radius 2 is 2.24 bits per heavy atom. The molecule has 21 heavy (non-hydrogen) atoms. The van der Waals surface area contributed by atoms with Crippen molar-refractivity contribution in [2.45, 2.75) is 71.6 Å². The molecular weight excluding hydrogens is 262 g/mol. The molecule has 1 N–H and O–H groups in total. The number of nitrogens with one attached hydrogen (secondary N) is 1. The summed E-state index contributed by atoms with van der Waals surface area (Å²) in [6.07, 6.45) is 6.89. The number of hydrogen-bond acceptors (Lipinski definition) is 3. The van der Waals surface area contributed by atoms with E-state index < -0.39 is 0 Å². The molecular formula is C18H29NO2. The highest BCUT2D eigenvalue weighted by Crippen LogP contribution is 2.45. The zero-order chi connectivity index (χ0) is 15.0. The Morgan fingerprint density at radius 3 is 2.95 bits per heavy atom. The van der Waals surface area contributed by atoms with Gasteiger partial charge in [-0.15, -0.1) is 0 Å². The van der Waals surface area contributed by atoms with E-state index in [4.69, 9.17) is 9.15 Å². The second kappa shape index (κ2) is 5.77. The third-order valence-electron chi connectivity index (χ3n) is 5.26. The summed E-state index contributed by atoms with van der Waals surface area (Å²) in [4.78, 5) is 0. The molecule has 1 saturated carbocycles. The molecule has 118 valence electrons. The lowest BCUT2D eigenvalue weighted by molar-refractivity contribution is -0.126. The van der Waals surface area contributed by atoms with Crippen molar-refractivity contribution in [3.05, 3.63) is 23.7 Å². The fourth-order valence-electron chi connectivity index (χ4n) is 3.66. The van der Waals surface area contributed by atoms with Crippen LogP contribution in [0.5, 0.6) is 0 Å². The molecule has 2 aliphatic carbocycles. The van der Waals surface area contributed by atoms with Gasteiger partial charge >= 0.3 is 0 Å². The van der Waals surface area contributed by atoms with Crippen LogP contribution in [0.4, 0.5) is 0 Å². The van der Waals surface area contributed by atoms with E-state index in [2.05, 4.69) is 39.1 Å². The average Bonchev–Trinajstić information content (AvgIpc) is 2.90. The molecule has 1 aromatic heterocycles. The Balaban J connectivity index is 1.58. The molecule has 2 aliphatic rings. The van der Waals surface area contributed by atoms with E-state index in [9.17, 15) is 0 Å². The summed E-state index contributed by atoms with van der Waals surface area (Å²) < 4.78 is 11.7. The lowest BCUT2D eigenvalue weighted by Crippen LogP contribution is -2.61. The summed E-state index contributed by atoms with van der Waals surface area (Å²) >= 11 is 0. The molecule has 0 saturated heterocycles. The van der Waals surface area contributed by atoms with Crippen molar-refractivity contribution in [1.29, 1.82) is 0 Å². The highest BCUT2D eigenvalue weighted by atomic mass is 16.5. The Labute approximate surface area is 128 Å². The summed E-state index contributed by atoms with van der Waals surface area (Å²) in [5.74, 6) is 1.79. The van der Waals surface area contributed by atoms with Gasteiger partial charge in [0.15, 0.2) is 0 Å². The number of rotatable bonds is 5. The molecule has 3 rings (SSSR count). The van der Waals surface area contributed by atoms with E-state index >= 15 is 0 Å². The first-order chi connectivity index (χ1) is 9.98. The van der Waals surface area contributed by atoms with Gasteiger partial charge in [0.2, 0.25) is 0 Å². The molecule has 1 fully saturated rings. The highest BCUT2D eigenvalue weighted by Gasteiger charge is 2.49. The Morgan fingerprint density at radius 1 is 1.43 bits per heavy atom. The van der Waals surface area contributed by atoms with Crippen LogP contribution >= 0.6 is 0 Å². The van der Waals surface area contributed by atoms with Crippen molar-refractivity contribution in [3.63, 3.8) is 0 Å². The molecule has 0 aliphatic heterocycles. The SMILES string of the molecule is CC(C)COC1CC(NC2CCCc3occc32)C1(C)C. The molecule has 3 nitrogen and oxygen atoms in total. The number of ether oxygens (including phenoxy) is 1. The van der Waals surface area contributed by atoms with Crippen LogP contribution in [0.3, 0.4) is 0 Å². The van der Waals surface area contributed by atoms with Crippen LogP contribution < -0.4 is 5.32 Å². The van der Waals surface area contributed by atoms with Crippen LogP contribution in [0.2, 0.25) is 0 Å². The van der Waals surface area contributed by atoms with E-state index in [1.165, 1.54) is 24.2 Å². The third kappa shape index (κ3) is 2.91. The Bertz CT molecular complexity index is 477. The normalized spacial score (nSPS) is 31.0. The minimum Gasteiger partial charge on any atom is -0.469 e. The number of aryl methyl sites for hydroxylation is 1. The second-order valence-corrected chi connectivity index (χ2v) is 7.74. The van der Waals surface area contributed by atoms with Gasteiger partial charge < -0.3 is 14.5 Å².